The highest BCUT2D eigenvalue weighted by Crippen LogP contribution is 2.23. The van der Waals surface area contributed by atoms with Crippen LogP contribution in [0, 0.1) is 5.92 Å². The van der Waals surface area contributed by atoms with Crippen molar-refractivity contribution in [2.75, 3.05) is 0 Å². The van der Waals surface area contributed by atoms with Crippen molar-refractivity contribution >= 4 is 11.0 Å². The van der Waals surface area contributed by atoms with Gasteiger partial charge in [-0.25, -0.2) is 0 Å². The summed E-state index contributed by atoms with van der Waals surface area (Å²) in [5, 5.41) is 4.01. The number of aromatic nitrogens is 4. The molecule has 0 fully saturated rings. The lowest BCUT2D eigenvalue weighted by Gasteiger charge is -2.08. The Hall–Kier alpha value is -2.34. The predicted octanol–water partition coefficient (Wildman–Crippen LogP) is 2.73. The molecule has 6 heteroatoms. The van der Waals surface area contributed by atoms with E-state index in [9.17, 15) is 0 Å². The zero-order valence-electron chi connectivity index (χ0n) is 12.0. The second-order valence-corrected chi connectivity index (χ2v) is 5.45. The Morgan fingerprint density at radius 3 is 2.67 bits per heavy atom. The van der Waals surface area contributed by atoms with Crippen LogP contribution in [-0.4, -0.2) is 20.1 Å². The van der Waals surface area contributed by atoms with Gasteiger partial charge in [0.15, 0.2) is 0 Å². The van der Waals surface area contributed by atoms with Gasteiger partial charge < -0.3 is 10.3 Å². The third-order valence-corrected chi connectivity index (χ3v) is 3.21. The molecule has 0 saturated carbocycles. The fraction of sp³-hybridized carbons (Fsp3) is 0.333. The Balaban J connectivity index is 1.90. The van der Waals surface area contributed by atoms with Gasteiger partial charge in [-0.15, -0.1) is 0 Å². The maximum Gasteiger partial charge on any atom is 0.243 e. The van der Waals surface area contributed by atoms with Crippen molar-refractivity contribution in [1.82, 2.24) is 20.1 Å². The standard InChI is InChI=1S/C15H17N5O/c1-9(2)7-11(16)15-19-14(20-21-15)10-3-4-12-13(8-10)18-6-5-17-12/h3-6,8-9,11H,7,16H2,1-2H3/t11-/m1/s1. The van der Waals surface area contributed by atoms with Gasteiger partial charge in [-0.05, 0) is 30.5 Å². The number of fused-ring (bicyclic) bond motifs is 1. The fourth-order valence-electron chi connectivity index (χ4n) is 2.21. The largest absolute Gasteiger partial charge is 0.337 e. The zero-order valence-corrected chi connectivity index (χ0v) is 12.0. The van der Waals surface area contributed by atoms with Crippen LogP contribution < -0.4 is 5.73 Å². The molecule has 0 amide bonds. The van der Waals surface area contributed by atoms with Crippen LogP contribution in [0.1, 0.15) is 32.2 Å². The Kier molecular flexibility index (Phi) is 3.62. The maximum absolute atomic E-state index is 6.06. The van der Waals surface area contributed by atoms with E-state index in [1.54, 1.807) is 12.4 Å². The summed E-state index contributed by atoms with van der Waals surface area (Å²) in [6, 6.07) is 5.46. The minimum absolute atomic E-state index is 0.230. The van der Waals surface area contributed by atoms with Gasteiger partial charge in [0.1, 0.15) is 0 Å². The van der Waals surface area contributed by atoms with Gasteiger partial charge in [0.2, 0.25) is 11.7 Å². The Morgan fingerprint density at radius 1 is 1.14 bits per heavy atom. The number of rotatable bonds is 4. The second kappa shape index (κ2) is 5.57. The SMILES string of the molecule is CC(C)C[C@@H](N)c1nc(-c2ccc3nccnc3c2)no1. The van der Waals surface area contributed by atoms with E-state index in [1.807, 2.05) is 18.2 Å². The summed E-state index contributed by atoms with van der Waals surface area (Å²) in [7, 11) is 0. The maximum atomic E-state index is 6.06. The molecule has 108 valence electrons. The molecule has 0 radical (unpaired) electrons. The average molecular weight is 283 g/mol. The van der Waals surface area contributed by atoms with E-state index >= 15 is 0 Å². The summed E-state index contributed by atoms with van der Waals surface area (Å²) >= 11 is 0. The molecular weight excluding hydrogens is 266 g/mol. The van der Waals surface area contributed by atoms with Gasteiger partial charge >= 0.3 is 0 Å². The van der Waals surface area contributed by atoms with Crippen molar-refractivity contribution in [2.24, 2.45) is 11.7 Å². The van der Waals surface area contributed by atoms with Crippen molar-refractivity contribution in [3.63, 3.8) is 0 Å². The minimum Gasteiger partial charge on any atom is -0.337 e. The number of hydrogen-bond donors (Lipinski definition) is 1. The van der Waals surface area contributed by atoms with E-state index in [-0.39, 0.29) is 6.04 Å². The summed E-state index contributed by atoms with van der Waals surface area (Å²) in [6.45, 7) is 4.22. The lowest BCUT2D eigenvalue weighted by molar-refractivity contribution is 0.335. The minimum atomic E-state index is -0.230. The van der Waals surface area contributed by atoms with Crippen LogP contribution in [0.15, 0.2) is 35.1 Å². The lowest BCUT2D eigenvalue weighted by Crippen LogP contribution is -2.13. The van der Waals surface area contributed by atoms with Crippen LogP contribution >= 0.6 is 0 Å². The molecule has 0 aliphatic carbocycles. The van der Waals surface area contributed by atoms with Gasteiger partial charge in [0, 0.05) is 18.0 Å². The molecule has 3 rings (SSSR count). The third-order valence-electron chi connectivity index (χ3n) is 3.21. The molecule has 21 heavy (non-hydrogen) atoms. The van der Waals surface area contributed by atoms with Crippen molar-refractivity contribution in [2.45, 2.75) is 26.3 Å². The summed E-state index contributed by atoms with van der Waals surface area (Å²) in [5.41, 5.74) is 8.54. The van der Waals surface area contributed by atoms with Gasteiger partial charge in [-0.3, -0.25) is 9.97 Å². The average Bonchev–Trinajstić information content (AvgIpc) is 2.96. The van der Waals surface area contributed by atoms with Crippen LogP contribution in [0.4, 0.5) is 0 Å². The second-order valence-electron chi connectivity index (χ2n) is 5.45. The number of nitrogens with two attached hydrogens (primary N) is 1. The lowest BCUT2D eigenvalue weighted by atomic mass is 10.0. The Morgan fingerprint density at radius 2 is 1.90 bits per heavy atom. The van der Waals surface area contributed by atoms with E-state index in [0.29, 0.717) is 17.6 Å². The molecule has 2 aromatic heterocycles. The monoisotopic (exact) mass is 283 g/mol. The highest BCUT2D eigenvalue weighted by atomic mass is 16.5. The summed E-state index contributed by atoms with van der Waals surface area (Å²) < 4.78 is 5.27. The van der Waals surface area contributed by atoms with E-state index in [0.717, 1.165) is 23.0 Å². The Bertz CT molecular complexity index is 752. The molecule has 0 aliphatic rings. The van der Waals surface area contributed by atoms with Gasteiger partial charge in [0.25, 0.3) is 0 Å². The Labute approximate surface area is 122 Å². The van der Waals surface area contributed by atoms with E-state index in [4.69, 9.17) is 10.3 Å². The molecule has 6 nitrogen and oxygen atoms in total. The molecule has 2 heterocycles. The van der Waals surface area contributed by atoms with Crippen molar-refractivity contribution < 1.29 is 4.52 Å². The molecule has 0 saturated heterocycles. The molecule has 3 aromatic rings. The van der Waals surface area contributed by atoms with E-state index in [1.165, 1.54) is 0 Å². The van der Waals surface area contributed by atoms with Crippen LogP contribution in [0.3, 0.4) is 0 Å². The number of benzene rings is 1. The summed E-state index contributed by atoms with van der Waals surface area (Å²) in [6.07, 6.45) is 4.14. The van der Waals surface area contributed by atoms with Crippen molar-refractivity contribution in [3.05, 3.63) is 36.5 Å². The van der Waals surface area contributed by atoms with E-state index in [2.05, 4.69) is 34.0 Å². The first-order valence-corrected chi connectivity index (χ1v) is 6.94. The highest BCUT2D eigenvalue weighted by Gasteiger charge is 2.17. The van der Waals surface area contributed by atoms with Crippen molar-refractivity contribution in [3.8, 4) is 11.4 Å². The fourth-order valence-corrected chi connectivity index (χ4v) is 2.21. The van der Waals surface area contributed by atoms with Crippen molar-refractivity contribution in [1.29, 1.82) is 0 Å². The number of hydrogen-bond acceptors (Lipinski definition) is 6. The number of nitrogens with zero attached hydrogens (tertiary/aromatic N) is 4. The smallest absolute Gasteiger partial charge is 0.243 e. The molecule has 0 aliphatic heterocycles. The molecule has 0 bridgehead atoms. The van der Waals surface area contributed by atoms with Gasteiger partial charge in [0.05, 0.1) is 17.1 Å². The molecule has 0 spiro atoms. The first kappa shape index (κ1) is 13.6. The first-order chi connectivity index (χ1) is 10.1. The van der Waals surface area contributed by atoms with Crippen LogP contribution in [0.5, 0.6) is 0 Å². The third kappa shape index (κ3) is 2.90. The summed E-state index contributed by atoms with van der Waals surface area (Å²) in [5.74, 6) is 1.47. The molecular formula is C15H17N5O. The molecule has 1 aromatic carbocycles. The van der Waals surface area contributed by atoms with Gasteiger partial charge in [-0.2, -0.15) is 4.98 Å². The normalized spacial score (nSPS) is 13.0. The highest BCUT2D eigenvalue weighted by molar-refractivity contribution is 5.79. The van der Waals surface area contributed by atoms with Crippen LogP contribution in [-0.2, 0) is 0 Å². The predicted molar refractivity (Wildman–Crippen MR) is 79.2 cm³/mol. The van der Waals surface area contributed by atoms with Crippen LogP contribution in [0.25, 0.3) is 22.4 Å². The summed E-state index contributed by atoms with van der Waals surface area (Å²) in [4.78, 5) is 12.9. The zero-order chi connectivity index (χ0) is 14.8. The first-order valence-electron chi connectivity index (χ1n) is 6.94. The van der Waals surface area contributed by atoms with Gasteiger partial charge in [-0.1, -0.05) is 19.0 Å². The molecule has 2 N–H and O–H groups in total. The van der Waals surface area contributed by atoms with E-state index < -0.39 is 0 Å². The molecule has 0 unspecified atom stereocenters. The molecule has 1 atom stereocenters. The van der Waals surface area contributed by atoms with Crippen LogP contribution in [0.2, 0.25) is 0 Å². The quantitative estimate of drug-likeness (QED) is 0.791. The topological polar surface area (TPSA) is 90.7 Å².